The van der Waals surface area contributed by atoms with Gasteiger partial charge in [0.25, 0.3) is 0 Å². The number of aromatic nitrogens is 3. The molecule has 0 amide bonds. The Balaban J connectivity index is 2.10. The van der Waals surface area contributed by atoms with Crippen LogP contribution in [0.4, 0.5) is 0 Å². The fourth-order valence-electron chi connectivity index (χ4n) is 1.81. The monoisotopic (exact) mass is 299 g/mol. The summed E-state index contributed by atoms with van der Waals surface area (Å²) in [6.07, 6.45) is 1.73. The zero-order chi connectivity index (χ0) is 12.4. The van der Waals surface area contributed by atoms with Crippen molar-refractivity contribution in [3.8, 4) is 17.1 Å². The highest BCUT2D eigenvalue weighted by molar-refractivity contribution is 9.10. The van der Waals surface area contributed by atoms with Crippen molar-refractivity contribution >= 4 is 15.9 Å². The van der Waals surface area contributed by atoms with Crippen molar-refractivity contribution in [1.29, 1.82) is 0 Å². The van der Waals surface area contributed by atoms with Crippen molar-refractivity contribution in [3.05, 3.63) is 65.4 Å². The number of hydrogen-bond donors (Lipinski definition) is 0. The van der Waals surface area contributed by atoms with Gasteiger partial charge >= 0.3 is 0 Å². The number of halogens is 1. The maximum absolute atomic E-state index is 4.19. The van der Waals surface area contributed by atoms with E-state index in [1.54, 1.807) is 6.33 Å². The third kappa shape index (κ3) is 2.07. The number of rotatable bonds is 2. The van der Waals surface area contributed by atoms with Gasteiger partial charge in [0.05, 0.1) is 0 Å². The highest BCUT2D eigenvalue weighted by atomic mass is 79.9. The van der Waals surface area contributed by atoms with Crippen LogP contribution >= 0.6 is 15.9 Å². The first kappa shape index (κ1) is 11.2. The average molecular weight is 300 g/mol. The van der Waals surface area contributed by atoms with E-state index in [-0.39, 0.29) is 0 Å². The number of hydrogen-bond acceptors (Lipinski definition) is 2. The molecule has 1 aromatic heterocycles. The summed E-state index contributed by atoms with van der Waals surface area (Å²) in [5.41, 5.74) is 2.10. The summed E-state index contributed by atoms with van der Waals surface area (Å²) in [5, 5.41) is 8.19. The lowest BCUT2D eigenvalue weighted by molar-refractivity contribution is 1.06. The van der Waals surface area contributed by atoms with E-state index in [1.807, 2.05) is 59.2 Å². The molecule has 0 aliphatic rings. The van der Waals surface area contributed by atoms with E-state index in [0.29, 0.717) is 0 Å². The molecule has 0 saturated carbocycles. The minimum Gasteiger partial charge on any atom is -0.282 e. The molecule has 3 nitrogen and oxygen atoms in total. The fraction of sp³-hybridized carbons (Fsp3) is 0. The van der Waals surface area contributed by atoms with Gasteiger partial charge in [0, 0.05) is 15.7 Å². The van der Waals surface area contributed by atoms with Crippen LogP contribution in [-0.4, -0.2) is 14.8 Å². The third-order valence-corrected chi connectivity index (χ3v) is 3.21. The van der Waals surface area contributed by atoms with Gasteiger partial charge in [-0.15, -0.1) is 10.2 Å². The van der Waals surface area contributed by atoms with Gasteiger partial charge in [0.15, 0.2) is 5.82 Å². The van der Waals surface area contributed by atoms with Crippen LogP contribution in [-0.2, 0) is 0 Å². The van der Waals surface area contributed by atoms with Crippen LogP contribution in [0.3, 0.4) is 0 Å². The van der Waals surface area contributed by atoms with Crippen LogP contribution in [0.25, 0.3) is 17.1 Å². The number of nitrogens with zero attached hydrogens (tertiary/aromatic N) is 3. The van der Waals surface area contributed by atoms with E-state index >= 15 is 0 Å². The molecular formula is C14H10BrN3. The van der Waals surface area contributed by atoms with Crippen LogP contribution in [0.5, 0.6) is 0 Å². The van der Waals surface area contributed by atoms with E-state index in [1.165, 1.54) is 0 Å². The highest BCUT2D eigenvalue weighted by Gasteiger charge is 2.08. The second-order valence-electron chi connectivity index (χ2n) is 3.87. The van der Waals surface area contributed by atoms with Crippen molar-refractivity contribution < 1.29 is 0 Å². The molecule has 3 aromatic rings. The van der Waals surface area contributed by atoms with Crippen LogP contribution in [0.15, 0.2) is 65.4 Å². The van der Waals surface area contributed by atoms with Crippen molar-refractivity contribution in [2.75, 3.05) is 0 Å². The van der Waals surface area contributed by atoms with Gasteiger partial charge in [-0.3, -0.25) is 4.57 Å². The van der Waals surface area contributed by atoms with E-state index < -0.39 is 0 Å². The summed E-state index contributed by atoms with van der Waals surface area (Å²) in [6, 6.07) is 18.1. The first-order chi connectivity index (χ1) is 8.84. The number of para-hydroxylation sites is 1. The SMILES string of the molecule is Brc1ccc(-c2nncn2-c2ccccc2)cc1. The molecule has 0 N–H and O–H groups in total. The Hall–Kier alpha value is -1.94. The van der Waals surface area contributed by atoms with Gasteiger partial charge < -0.3 is 0 Å². The average Bonchev–Trinajstić information content (AvgIpc) is 2.90. The molecule has 0 spiro atoms. The summed E-state index contributed by atoms with van der Waals surface area (Å²) >= 11 is 3.43. The Morgan fingerprint density at radius 1 is 0.889 bits per heavy atom. The zero-order valence-electron chi connectivity index (χ0n) is 9.49. The first-order valence-corrected chi connectivity index (χ1v) is 6.35. The molecule has 1 heterocycles. The molecule has 0 fully saturated rings. The predicted octanol–water partition coefficient (Wildman–Crippen LogP) is 3.70. The summed E-state index contributed by atoms with van der Waals surface area (Å²) in [4.78, 5) is 0. The second-order valence-corrected chi connectivity index (χ2v) is 4.78. The van der Waals surface area contributed by atoms with E-state index in [0.717, 1.165) is 21.5 Å². The van der Waals surface area contributed by atoms with Gasteiger partial charge in [0.1, 0.15) is 6.33 Å². The maximum atomic E-state index is 4.19. The minimum atomic E-state index is 0.841. The Morgan fingerprint density at radius 3 is 2.33 bits per heavy atom. The van der Waals surface area contributed by atoms with Gasteiger partial charge in [-0.25, -0.2) is 0 Å². The molecular weight excluding hydrogens is 290 g/mol. The first-order valence-electron chi connectivity index (χ1n) is 5.56. The molecule has 0 bridgehead atoms. The second kappa shape index (κ2) is 4.74. The maximum Gasteiger partial charge on any atom is 0.168 e. The van der Waals surface area contributed by atoms with Gasteiger partial charge in [-0.2, -0.15) is 0 Å². The lowest BCUT2D eigenvalue weighted by Crippen LogP contribution is -1.95. The van der Waals surface area contributed by atoms with Crippen molar-refractivity contribution in [2.45, 2.75) is 0 Å². The van der Waals surface area contributed by atoms with Crippen molar-refractivity contribution in [3.63, 3.8) is 0 Å². The number of benzene rings is 2. The van der Waals surface area contributed by atoms with Gasteiger partial charge in [-0.1, -0.05) is 46.3 Å². The summed E-state index contributed by atoms with van der Waals surface area (Å²) in [7, 11) is 0. The van der Waals surface area contributed by atoms with Crippen LogP contribution in [0.2, 0.25) is 0 Å². The molecule has 0 saturated heterocycles. The molecule has 3 rings (SSSR count). The summed E-state index contributed by atoms with van der Waals surface area (Å²) in [6.45, 7) is 0. The molecule has 0 atom stereocenters. The molecule has 0 unspecified atom stereocenters. The molecule has 0 aliphatic carbocycles. The molecule has 2 aromatic carbocycles. The van der Waals surface area contributed by atoms with Crippen LogP contribution < -0.4 is 0 Å². The normalized spacial score (nSPS) is 10.5. The lowest BCUT2D eigenvalue weighted by Gasteiger charge is -2.06. The largest absolute Gasteiger partial charge is 0.282 e. The quantitative estimate of drug-likeness (QED) is 0.722. The van der Waals surface area contributed by atoms with Crippen LogP contribution in [0.1, 0.15) is 0 Å². The van der Waals surface area contributed by atoms with E-state index in [4.69, 9.17) is 0 Å². The van der Waals surface area contributed by atoms with Crippen molar-refractivity contribution in [1.82, 2.24) is 14.8 Å². The van der Waals surface area contributed by atoms with Crippen molar-refractivity contribution in [2.24, 2.45) is 0 Å². The van der Waals surface area contributed by atoms with Gasteiger partial charge in [-0.05, 0) is 24.3 Å². The third-order valence-electron chi connectivity index (χ3n) is 2.68. The smallest absolute Gasteiger partial charge is 0.168 e. The lowest BCUT2D eigenvalue weighted by atomic mass is 10.2. The fourth-order valence-corrected chi connectivity index (χ4v) is 2.07. The molecule has 0 aliphatic heterocycles. The molecule has 18 heavy (non-hydrogen) atoms. The molecule has 4 heteroatoms. The minimum absolute atomic E-state index is 0.841. The molecule has 88 valence electrons. The summed E-state index contributed by atoms with van der Waals surface area (Å²) in [5.74, 6) is 0.841. The predicted molar refractivity (Wildman–Crippen MR) is 74.5 cm³/mol. The molecule has 0 radical (unpaired) electrons. The summed E-state index contributed by atoms with van der Waals surface area (Å²) < 4.78 is 3.03. The Bertz CT molecular complexity index is 644. The van der Waals surface area contributed by atoms with E-state index in [9.17, 15) is 0 Å². The Morgan fingerprint density at radius 2 is 1.61 bits per heavy atom. The Kier molecular flexibility index (Phi) is 2.94. The topological polar surface area (TPSA) is 30.7 Å². The van der Waals surface area contributed by atoms with Crippen LogP contribution in [0, 0.1) is 0 Å². The standard InChI is InChI=1S/C14H10BrN3/c15-12-8-6-11(7-9-12)14-17-16-10-18(14)13-4-2-1-3-5-13/h1-10H. The highest BCUT2D eigenvalue weighted by Crippen LogP contribution is 2.22. The van der Waals surface area contributed by atoms with Gasteiger partial charge in [0.2, 0.25) is 0 Å². The Labute approximate surface area is 113 Å². The zero-order valence-corrected chi connectivity index (χ0v) is 11.1. The van der Waals surface area contributed by atoms with E-state index in [2.05, 4.69) is 26.1 Å².